The number of rotatable bonds is 3. The average molecular weight is 285 g/mol. The first-order valence-corrected chi connectivity index (χ1v) is 5.84. The Morgan fingerprint density at radius 3 is 2.83 bits per heavy atom. The number of amides is 1. The van der Waals surface area contributed by atoms with Crippen LogP contribution in [0.3, 0.4) is 0 Å². The number of aromatic nitrogens is 2. The standard InChI is InChI=1S/C11H10Cl2N4O/c12-7-1-2-8(13)9(5-7)15-11(18)6-17-4-3-10(14)16-17/h1-5H,6H2,(H2,14,16)(H,15,18). The van der Waals surface area contributed by atoms with Gasteiger partial charge in [0.15, 0.2) is 0 Å². The molecule has 7 heteroatoms. The Labute approximate surface area is 113 Å². The van der Waals surface area contributed by atoms with Crippen LogP contribution < -0.4 is 11.1 Å². The smallest absolute Gasteiger partial charge is 0.246 e. The summed E-state index contributed by atoms with van der Waals surface area (Å²) in [6, 6.07) is 6.46. The van der Waals surface area contributed by atoms with E-state index < -0.39 is 0 Å². The molecule has 0 bridgehead atoms. The molecule has 2 rings (SSSR count). The molecule has 2 aromatic rings. The lowest BCUT2D eigenvalue weighted by Gasteiger charge is -2.07. The van der Waals surface area contributed by atoms with E-state index in [0.717, 1.165) is 0 Å². The highest BCUT2D eigenvalue weighted by atomic mass is 35.5. The summed E-state index contributed by atoms with van der Waals surface area (Å²) in [4.78, 5) is 11.7. The van der Waals surface area contributed by atoms with E-state index in [1.807, 2.05) is 0 Å². The number of carbonyl (C=O) groups is 1. The Hall–Kier alpha value is -1.72. The fourth-order valence-electron chi connectivity index (χ4n) is 1.40. The first-order valence-electron chi connectivity index (χ1n) is 5.08. The van der Waals surface area contributed by atoms with Crippen LogP contribution in [0.2, 0.25) is 10.0 Å². The number of hydrogen-bond acceptors (Lipinski definition) is 3. The van der Waals surface area contributed by atoms with Gasteiger partial charge in [0.2, 0.25) is 5.91 Å². The van der Waals surface area contributed by atoms with Gasteiger partial charge >= 0.3 is 0 Å². The first kappa shape index (κ1) is 12.7. The molecule has 0 aliphatic heterocycles. The Morgan fingerprint density at radius 1 is 1.39 bits per heavy atom. The highest BCUT2D eigenvalue weighted by molar-refractivity contribution is 6.35. The number of anilines is 2. The SMILES string of the molecule is Nc1ccn(CC(=O)Nc2cc(Cl)ccc2Cl)n1. The molecule has 94 valence electrons. The van der Waals surface area contributed by atoms with Crippen LogP contribution in [0.25, 0.3) is 0 Å². The average Bonchev–Trinajstić information content (AvgIpc) is 2.69. The van der Waals surface area contributed by atoms with Crippen LogP contribution >= 0.6 is 23.2 Å². The van der Waals surface area contributed by atoms with Crippen LogP contribution in [-0.2, 0) is 11.3 Å². The molecule has 0 unspecified atom stereocenters. The van der Waals surface area contributed by atoms with Gasteiger partial charge in [-0.2, -0.15) is 5.10 Å². The van der Waals surface area contributed by atoms with E-state index in [1.165, 1.54) is 4.68 Å². The number of benzene rings is 1. The predicted octanol–water partition coefficient (Wildman–Crippen LogP) is 2.41. The van der Waals surface area contributed by atoms with Crippen molar-refractivity contribution < 1.29 is 4.79 Å². The molecule has 1 amide bonds. The summed E-state index contributed by atoms with van der Waals surface area (Å²) in [5, 5.41) is 7.48. The van der Waals surface area contributed by atoms with Gasteiger partial charge in [0.25, 0.3) is 0 Å². The highest BCUT2D eigenvalue weighted by Gasteiger charge is 2.07. The molecule has 1 aromatic heterocycles. The van der Waals surface area contributed by atoms with Crippen molar-refractivity contribution in [1.29, 1.82) is 0 Å². The van der Waals surface area contributed by atoms with Gasteiger partial charge in [-0.15, -0.1) is 0 Å². The summed E-state index contributed by atoms with van der Waals surface area (Å²) in [5.41, 5.74) is 5.92. The Morgan fingerprint density at radius 2 is 2.17 bits per heavy atom. The Bertz CT molecular complexity index is 582. The third kappa shape index (κ3) is 3.15. The summed E-state index contributed by atoms with van der Waals surface area (Å²) in [7, 11) is 0. The molecule has 0 aliphatic carbocycles. The largest absolute Gasteiger partial charge is 0.382 e. The highest BCUT2D eigenvalue weighted by Crippen LogP contribution is 2.25. The third-order valence-electron chi connectivity index (χ3n) is 2.17. The molecule has 1 heterocycles. The van der Waals surface area contributed by atoms with E-state index in [1.54, 1.807) is 30.5 Å². The van der Waals surface area contributed by atoms with Gasteiger partial charge in [-0.3, -0.25) is 9.48 Å². The van der Waals surface area contributed by atoms with Crippen LogP contribution in [0.4, 0.5) is 11.5 Å². The molecule has 0 saturated heterocycles. The second kappa shape index (κ2) is 5.29. The minimum atomic E-state index is -0.262. The van der Waals surface area contributed by atoms with E-state index in [-0.39, 0.29) is 12.5 Å². The molecule has 18 heavy (non-hydrogen) atoms. The maximum atomic E-state index is 11.7. The zero-order valence-electron chi connectivity index (χ0n) is 9.23. The third-order valence-corrected chi connectivity index (χ3v) is 2.73. The maximum Gasteiger partial charge on any atom is 0.246 e. The lowest BCUT2D eigenvalue weighted by Crippen LogP contribution is -2.19. The molecular weight excluding hydrogens is 275 g/mol. The number of nitrogens with two attached hydrogens (primary N) is 1. The van der Waals surface area contributed by atoms with Crippen molar-refractivity contribution in [2.75, 3.05) is 11.1 Å². The molecule has 0 spiro atoms. The number of nitrogen functional groups attached to an aromatic ring is 1. The summed E-state index contributed by atoms with van der Waals surface area (Å²) < 4.78 is 1.43. The summed E-state index contributed by atoms with van der Waals surface area (Å²) in [5.74, 6) is 0.103. The van der Waals surface area contributed by atoms with Crippen LogP contribution in [0.1, 0.15) is 0 Å². The molecule has 0 fully saturated rings. The van der Waals surface area contributed by atoms with E-state index in [9.17, 15) is 4.79 Å². The second-order valence-electron chi connectivity index (χ2n) is 3.61. The van der Waals surface area contributed by atoms with Crippen molar-refractivity contribution in [3.63, 3.8) is 0 Å². The van der Waals surface area contributed by atoms with E-state index >= 15 is 0 Å². The van der Waals surface area contributed by atoms with Crippen molar-refractivity contribution in [3.05, 3.63) is 40.5 Å². The summed E-state index contributed by atoms with van der Waals surface area (Å²) >= 11 is 11.8. The van der Waals surface area contributed by atoms with Gasteiger partial charge in [0.1, 0.15) is 12.4 Å². The normalized spacial score (nSPS) is 10.3. The molecule has 0 atom stereocenters. The minimum Gasteiger partial charge on any atom is -0.382 e. The molecule has 3 N–H and O–H groups in total. The second-order valence-corrected chi connectivity index (χ2v) is 4.45. The molecular formula is C11H10Cl2N4O. The molecule has 5 nitrogen and oxygen atoms in total. The quantitative estimate of drug-likeness (QED) is 0.909. The van der Waals surface area contributed by atoms with Crippen molar-refractivity contribution >= 4 is 40.6 Å². The van der Waals surface area contributed by atoms with Crippen LogP contribution in [0.15, 0.2) is 30.5 Å². The number of hydrogen-bond donors (Lipinski definition) is 2. The monoisotopic (exact) mass is 284 g/mol. The van der Waals surface area contributed by atoms with Gasteiger partial charge in [-0.05, 0) is 24.3 Å². The van der Waals surface area contributed by atoms with E-state index in [4.69, 9.17) is 28.9 Å². The molecule has 0 saturated carbocycles. The molecule has 0 aliphatic rings. The van der Waals surface area contributed by atoms with Crippen LogP contribution in [0.5, 0.6) is 0 Å². The summed E-state index contributed by atoms with van der Waals surface area (Å²) in [6.07, 6.45) is 1.62. The summed E-state index contributed by atoms with van der Waals surface area (Å²) in [6.45, 7) is 0.0556. The zero-order chi connectivity index (χ0) is 13.1. The van der Waals surface area contributed by atoms with E-state index in [2.05, 4.69) is 10.4 Å². The molecule has 1 aromatic carbocycles. The number of halogens is 2. The lowest BCUT2D eigenvalue weighted by molar-refractivity contribution is -0.116. The fourth-order valence-corrected chi connectivity index (χ4v) is 1.73. The maximum absolute atomic E-state index is 11.7. The molecule has 0 radical (unpaired) electrons. The van der Waals surface area contributed by atoms with Crippen molar-refractivity contribution in [2.45, 2.75) is 6.54 Å². The van der Waals surface area contributed by atoms with Gasteiger partial charge in [-0.1, -0.05) is 23.2 Å². The van der Waals surface area contributed by atoms with E-state index in [0.29, 0.717) is 21.6 Å². The van der Waals surface area contributed by atoms with Gasteiger partial charge in [-0.25, -0.2) is 0 Å². The van der Waals surface area contributed by atoms with Crippen LogP contribution in [-0.4, -0.2) is 15.7 Å². The van der Waals surface area contributed by atoms with Crippen molar-refractivity contribution in [2.24, 2.45) is 0 Å². The number of nitrogens with one attached hydrogen (secondary N) is 1. The number of carbonyl (C=O) groups excluding carboxylic acids is 1. The fraction of sp³-hybridized carbons (Fsp3) is 0.0909. The van der Waals surface area contributed by atoms with Crippen molar-refractivity contribution in [3.8, 4) is 0 Å². The van der Waals surface area contributed by atoms with Gasteiger partial charge in [0, 0.05) is 11.2 Å². The first-order chi connectivity index (χ1) is 8.54. The minimum absolute atomic E-state index is 0.0556. The van der Waals surface area contributed by atoms with Gasteiger partial charge < -0.3 is 11.1 Å². The topological polar surface area (TPSA) is 72.9 Å². The Kier molecular flexibility index (Phi) is 3.74. The predicted molar refractivity (Wildman–Crippen MR) is 71.7 cm³/mol. The van der Waals surface area contributed by atoms with Crippen LogP contribution in [0, 0.1) is 0 Å². The van der Waals surface area contributed by atoms with Crippen molar-refractivity contribution in [1.82, 2.24) is 9.78 Å². The lowest BCUT2D eigenvalue weighted by atomic mass is 10.3. The van der Waals surface area contributed by atoms with Gasteiger partial charge in [0.05, 0.1) is 10.7 Å². The number of nitrogens with zero attached hydrogens (tertiary/aromatic N) is 2. The Balaban J connectivity index is 2.05. The zero-order valence-corrected chi connectivity index (χ0v) is 10.7.